The fraction of sp³-hybridized carbons (Fsp3) is 0.571. The fourth-order valence-electron chi connectivity index (χ4n) is 1.91. The molecule has 0 aliphatic carbocycles. The van der Waals surface area contributed by atoms with E-state index in [2.05, 4.69) is 11.9 Å². The number of ether oxygens (including phenoxy) is 1. The van der Waals surface area contributed by atoms with Gasteiger partial charge < -0.3 is 4.74 Å². The topological polar surface area (TPSA) is 42.4 Å². The Kier molecular flexibility index (Phi) is 7.27. The third-order valence-corrected chi connectivity index (χ3v) is 3.38. The van der Waals surface area contributed by atoms with Crippen LogP contribution < -0.4 is 0 Å². The fourth-order valence-corrected chi connectivity index (χ4v) is 2.56. The van der Waals surface area contributed by atoms with Crippen LogP contribution in [0.1, 0.15) is 31.5 Å². The molecule has 0 unspecified atom stereocenters. The molecular weight excluding hydrogens is 299 g/mol. The average molecular weight is 319 g/mol. The molecule has 0 fully saturated rings. The Morgan fingerprint density at radius 3 is 2.65 bits per heavy atom. The highest BCUT2D eigenvalue weighted by Crippen LogP contribution is 2.25. The van der Waals surface area contributed by atoms with E-state index in [4.69, 9.17) is 27.9 Å². The van der Waals surface area contributed by atoms with Crippen LogP contribution in [-0.4, -0.2) is 35.5 Å². The van der Waals surface area contributed by atoms with Gasteiger partial charge in [-0.15, -0.1) is 0 Å². The van der Waals surface area contributed by atoms with Crippen molar-refractivity contribution >= 4 is 29.2 Å². The van der Waals surface area contributed by atoms with Crippen molar-refractivity contribution in [2.24, 2.45) is 0 Å². The van der Waals surface area contributed by atoms with E-state index in [0.717, 1.165) is 24.2 Å². The lowest BCUT2D eigenvalue weighted by molar-refractivity contribution is -0.144. The van der Waals surface area contributed by atoms with Gasteiger partial charge in [-0.3, -0.25) is 9.69 Å². The molecule has 20 heavy (non-hydrogen) atoms. The van der Waals surface area contributed by atoms with Crippen LogP contribution in [0.2, 0.25) is 10.2 Å². The number of nitrogens with zero attached hydrogens (tertiary/aromatic N) is 2. The standard InChI is InChI=1S/C14H20Cl2N2O2/c1-4-6-18(9-13(19)20-5-2)8-11-12(15)7-10(3)17-14(11)16/h7H,4-6,8-9H2,1-3H3. The number of esters is 1. The predicted molar refractivity (Wildman–Crippen MR) is 81.2 cm³/mol. The third-order valence-electron chi connectivity index (χ3n) is 2.73. The monoisotopic (exact) mass is 318 g/mol. The molecule has 4 nitrogen and oxygen atoms in total. The SMILES string of the molecule is CCCN(CC(=O)OCC)Cc1c(Cl)cc(C)nc1Cl. The summed E-state index contributed by atoms with van der Waals surface area (Å²) in [5, 5.41) is 0.965. The molecule has 1 heterocycles. The molecule has 1 aromatic heterocycles. The maximum absolute atomic E-state index is 11.6. The van der Waals surface area contributed by atoms with E-state index in [1.165, 1.54) is 0 Å². The molecule has 0 radical (unpaired) electrons. The Balaban J connectivity index is 2.82. The smallest absolute Gasteiger partial charge is 0.320 e. The lowest BCUT2D eigenvalue weighted by Crippen LogP contribution is -2.31. The Hall–Kier alpha value is -0.840. The van der Waals surface area contributed by atoms with Crippen LogP contribution >= 0.6 is 23.2 Å². The first kappa shape index (κ1) is 17.2. The summed E-state index contributed by atoms with van der Waals surface area (Å²) < 4.78 is 4.97. The number of pyridine rings is 1. The van der Waals surface area contributed by atoms with Gasteiger partial charge >= 0.3 is 5.97 Å². The summed E-state index contributed by atoms with van der Waals surface area (Å²) in [5.41, 5.74) is 1.52. The summed E-state index contributed by atoms with van der Waals surface area (Å²) in [7, 11) is 0. The first-order valence-electron chi connectivity index (χ1n) is 6.67. The van der Waals surface area contributed by atoms with Gasteiger partial charge in [0.05, 0.1) is 13.2 Å². The second kappa shape index (κ2) is 8.45. The van der Waals surface area contributed by atoms with Crippen molar-refractivity contribution in [2.75, 3.05) is 19.7 Å². The zero-order valence-corrected chi connectivity index (χ0v) is 13.6. The zero-order chi connectivity index (χ0) is 15.1. The highest BCUT2D eigenvalue weighted by molar-refractivity contribution is 6.35. The molecule has 0 amide bonds. The van der Waals surface area contributed by atoms with Crippen LogP contribution in [0.5, 0.6) is 0 Å². The summed E-state index contributed by atoms with van der Waals surface area (Å²) >= 11 is 12.3. The van der Waals surface area contributed by atoms with Crippen molar-refractivity contribution in [3.8, 4) is 0 Å². The van der Waals surface area contributed by atoms with Gasteiger partial charge in [-0.2, -0.15) is 0 Å². The molecule has 0 N–H and O–H groups in total. The molecule has 0 aromatic carbocycles. The number of carbonyl (C=O) groups excluding carboxylic acids is 1. The van der Waals surface area contributed by atoms with Gasteiger partial charge in [-0.1, -0.05) is 30.1 Å². The Bertz CT molecular complexity index is 443. The average Bonchev–Trinajstić information content (AvgIpc) is 2.34. The largest absolute Gasteiger partial charge is 0.465 e. The molecule has 0 saturated heterocycles. The van der Waals surface area contributed by atoms with Gasteiger partial charge in [0, 0.05) is 22.8 Å². The van der Waals surface area contributed by atoms with Crippen molar-refractivity contribution in [1.82, 2.24) is 9.88 Å². The van der Waals surface area contributed by atoms with Gasteiger partial charge in [0.2, 0.25) is 0 Å². The highest BCUT2D eigenvalue weighted by Gasteiger charge is 2.16. The van der Waals surface area contributed by atoms with E-state index in [9.17, 15) is 4.79 Å². The molecule has 1 aromatic rings. The molecule has 0 aliphatic heterocycles. The van der Waals surface area contributed by atoms with Crippen LogP contribution in [0.25, 0.3) is 0 Å². The van der Waals surface area contributed by atoms with Gasteiger partial charge in [0.15, 0.2) is 0 Å². The van der Waals surface area contributed by atoms with Crippen LogP contribution in [0.4, 0.5) is 0 Å². The summed E-state index contributed by atoms with van der Waals surface area (Å²) in [6.07, 6.45) is 0.925. The Morgan fingerprint density at radius 1 is 1.40 bits per heavy atom. The van der Waals surface area contributed by atoms with E-state index in [0.29, 0.717) is 23.3 Å². The zero-order valence-electron chi connectivity index (χ0n) is 12.1. The minimum absolute atomic E-state index is 0.224. The Labute approximate surface area is 130 Å². The van der Waals surface area contributed by atoms with Crippen LogP contribution in [0, 0.1) is 6.92 Å². The summed E-state index contributed by atoms with van der Waals surface area (Å²) in [5.74, 6) is -0.242. The minimum Gasteiger partial charge on any atom is -0.465 e. The molecule has 1 rings (SSSR count). The molecule has 0 atom stereocenters. The van der Waals surface area contributed by atoms with E-state index in [-0.39, 0.29) is 12.5 Å². The van der Waals surface area contributed by atoms with Crippen LogP contribution in [0.15, 0.2) is 6.07 Å². The number of hydrogen-bond acceptors (Lipinski definition) is 4. The number of hydrogen-bond donors (Lipinski definition) is 0. The minimum atomic E-state index is -0.242. The van der Waals surface area contributed by atoms with E-state index < -0.39 is 0 Å². The molecular formula is C14H20Cl2N2O2. The van der Waals surface area contributed by atoms with Crippen LogP contribution in [-0.2, 0) is 16.1 Å². The Morgan fingerprint density at radius 2 is 2.10 bits per heavy atom. The molecule has 0 aliphatic rings. The number of halogens is 2. The van der Waals surface area contributed by atoms with Gasteiger partial charge in [-0.05, 0) is 32.9 Å². The number of aryl methyl sites for hydroxylation is 1. The van der Waals surface area contributed by atoms with Crippen molar-refractivity contribution in [3.63, 3.8) is 0 Å². The first-order valence-corrected chi connectivity index (χ1v) is 7.43. The van der Waals surface area contributed by atoms with Crippen LogP contribution in [0.3, 0.4) is 0 Å². The second-order valence-electron chi connectivity index (χ2n) is 4.53. The lowest BCUT2D eigenvalue weighted by Gasteiger charge is -2.21. The summed E-state index contributed by atoms with van der Waals surface area (Å²) in [6, 6.07) is 1.78. The van der Waals surface area contributed by atoms with E-state index in [1.807, 2.05) is 11.8 Å². The molecule has 112 valence electrons. The number of rotatable bonds is 7. The van der Waals surface area contributed by atoms with E-state index >= 15 is 0 Å². The van der Waals surface area contributed by atoms with Crippen molar-refractivity contribution < 1.29 is 9.53 Å². The van der Waals surface area contributed by atoms with Gasteiger partial charge in [0.25, 0.3) is 0 Å². The van der Waals surface area contributed by atoms with Crippen molar-refractivity contribution in [2.45, 2.75) is 33.7 Å². The quantitative estimate of drug-likeness (QED) is 0.570. The molecule has 0 spiro atoms. The van der Waals surface area contributed by atoms with E-state index in [1.54, 1.807) is 13.0 Å². The highest BCUT2D eigenvalue weighted by atomic mass is 35.5. The van der Waals surface area contributed by atoms with Gasteiger partial charge in [0.1, 0.15) is 5.15 Å². The van der Waals surface area contributed by atoms with Crippen molar-refractivity contribution in [1.29, 1.82) is 0 Å². The first-order chi connectivity index (χ1) is 9.47. The van der Waals surface area contributed by atoms with Gasteiger partial charge in [-0.25, -0.2) is 4.98 Å². The number of aromatic nitrogens is 1. The molecule has 0 bridgehead atoms. The summed E-state index contributed by atoms with van der Waals surface area (Å²) in [4.78, 5) is 17.8. The number of carbonyl (C=O) groups is 1. The second-order valence-corrected chi connectivity index (χ2v) is 5.30. The third kappa shape index (κ3) is 5.27. The lowest BCUT2D eigenvalue weighted by atomic mass is 10.2. The molecule has 0 saturated carbocycles. The van der Waals surface area contributed by atoms with Crippen molar-refractivity contribution in [3.05, 3.63) is 27.5 Å². The predicted octanol–water partition coefficient (Wildman–Crippen LogP) is 3.47. The normalized spacial score (nSPS) is 10.9. The maximum Gasteiger partial charge on any atom is 0.320 e. The summed E-state index contributed by atoms with van der Waals surface area (Å²) in [6.45, 7) is 7.53. The molecule has 6 heteroatoms. The maximum atomic E-state index is 11.6.